The van der Waals surface area contributed by atoms with Gasteiger partial charge in [-0.3, -0.25) is 0 Å². The van der Waals surface area contributed by atoms with Crippen LogP contribution in [0.1, 0.15) is 51.0 Å². The molecule has 0 aliphatic heterocycles. The van der Waals surface area contributed by atoms with Gasteiger partial charge in [0.1, 0.15) is 0 Å². The summed E-state index contributed by atoms with van der Waals surface area (Å²) in [6, 6.07) is 0.142. The van der Waals surface area contributed by atoms with Crippen LogP contribution in [0.5, 0.6) is 0 Å². The van der Waals surface area contributed by atoms with Gasteiger partial charge in [0.2, 0.25) is 5.95 Å². The number of nitrogens with two attached hydrogens (primary N) is 2. The van der Waals surface area contributed by atoms with Crippen molar-refractivity contribution in [2.24, 2.45) is 11.7 Å². The first-order valence-corrected chi connectivity index (χ1v) is 9.96. The predicted octanol–water partition coefficient (Wildman–Crippen LogP) is 2.23. The van der Waals surface area contributed by atoms with Crippen LogP contribution in [-0.4, -0.2) is 44.3 Å². The molecule has 1 aliphatic carbocycles. The summed E-state index contributed by atoms with van der Waals surface area (Å²) < 4.78 is 2.02. The van der Waals surface area contributed by atoms with Crippen molar-refractivity contribution < 1.29 is 5.11 Å². The minimum absolute atomic E-state index is 0.142. The van der Waals surface area contributed by atoms with Crippen molar-refractivity contribution in [1.82, 2.24) is 19.5 Å². The van der Waals surface area contributed by atoms with Crippen molar-refractivity contribution in [2.45, 2.75) is 51.0 Å². The number of allylic oxidation sites excluding steroid dienone is 1. The maximum Gasteiger partial charge on any atom is 0.224 e. The molecule has 148 valence electrons. The van der Waals surface area contributed by atoms with Gasteiger partial charge in [-0.1, -0.05) is 37.8 Å². The molecule has 2 heterocycles. The van der Waals surface area contributed by atoms with E-state index in [1.165, 1.54) is 25.7 Å². The number of nitrogens with one attached hydrogen (secondary N) is 1. The molecule has 2 aromatic rings. The third-order valence-corrected chi connectivity index (χ3v) is 5.10. The Morgan fingerprint density at radius 2 is 1.89 bits per heavy atom. The molecule has 2 atom stereocenters. The lowest BCUT2D eigenvalue weighted by Crippen LogP contribution is -2.10. The second kappa shape index (κ2) is 9.66. The van der Waals surface area contributed by atoms with Crippen LogP contribution in [0.2, 0.25) is 0 Å². The van der Waals surface area contributed by atoms with Gasteiger partial charge in [-0.15, -0.1) is 0 Å². The fourth-order valence-electron chi connectivity index (χ4n) is 3.58. The number of hydrogen-bond acceptors (Lipinski definition) is 7. The minimum Gasteiger partial charge on any atom is -0.396 e. The average molecular weight is 374 g/mol. The number of unbranched alkanes of at least 4 members (excludes halogenated alkanes) is 5. The van der Waals surface area contributed by atoms with E-state index in [4.69, 9.17) is 11.5 Å². The highest BCUT2D eigenvalue weighted by Gasteiger charge is 2.23. The normalized spacial score (nSPS) is 19.2. The molecular formula is C19H31N7O. The number of aliphatic hydroxyl groups is 1. The Balaban J connectivity index is 1.59. The lowest BCUT2D eigenvalue weighted by Gasteiger charge is -2.13. The van der Waals surface area contributed by atoms with E-state index >= 15 is 0 Å². The molecular weight excluding hydrogens is 342 g/mol. The average Bonchev–Trinajstić information content (AvgIpc) is 3.30. The summed E-state index contributed by atoms with van der Waals surface area (Å²) in [7, 11) is 0. The number of hydrogen-bond donors (Lipinski definition) is 4. The molecule has 0 aromatic carbocycles. The van der Waals surface area contributed by atoms with Gasteiger partial charge in [0, 0.05) is 19.1 Å². The predicted molar refractivity (Wildman–Crippen MR) is 108 cm³/mol. The van der Waals surface area contributed by atoms with Gasteiger partial charge in [0.15, 0.2) is 17.0 Å². The SMILES string of the molecule is NCCCCCCCCNc1nc(N)nc2c1ncn2[C@H]1C=C[C@@H](CO)C1. The number of fused-ring (bicyclic) bond motifs is 1. The summed E-state index contributed by atoms with van der Waals surface area (Å²) in [6.07, 6.45) is 13.9. The standard InChI is InChI=1S/C19H31N7O/c20-9-5-3-1-2-4-6-10-22-17-16-18(25-19(21)24-17)26(13-23-16)15-8-7-14(11-15)12-27/h7-8,13-15,27H,1-6,9-12,20H2,(H3,21,22,24,25)/t14-,15+/m1/s1. The first-order chi connectivity index (χ1) is 13.2. The van der Waals surface area contributed by atoms with Crippen molar-refractivity contribution in [1.29, 1.82) is 0 Å². The van der Waals surface area contributed by atoms with Gasteiger partial charge in [-0.25, -0.2) is 4.98 Å². The van der Waals surface area contributed by atoms with Crippen LogP contribution >= 0.6 is 0 Å². The van der Waals surface area contributed by atoms with Crippen molar-refractivity contribution >= 4 is 22.9 Å². The van der Waals surface area contributed by atoms with Gasteiger partial charge in [0.25, 0.3) is 0 Å². The van der Waals surface area contributed by atoms with Gasteiger partial charge in [0.05, 0.1) is 12.4 Å². The van der Waals surface area contributed by atoms with Crippen LogP contribution in [0.15, 0.2) is 18.5 Å². The van der Waals surface area contributed by atoms with Crippen molar-refractivity contribution in [3.05, 3.63) is 18.5 Å². The lowest BCUT2D eigenvalue weighted by molar-refractivity contribution is 0.244. The number of anilines is 2. The van der Waals surface area contributed by atoms with Crippen LogP contribution in [0.3, 0.4) is 0 Å². The number of imidazole rings is 1. The van der Waals surface area contributed by atoms with E-state index in [0.717, 1.165) is 43.5 Å². The summed E-state index contributed by atoms with van der Waals surface area (Å²) in [4.78, 5) is 13.3. The summed E-state index contributed by atoms with van der Waals surface area (Å²) in [5, 5.41) is 12.7. The highest BCUT2D eigenvalue weighted by Crippen LogP contribution is 2.31. The first-order valence-electron chi connectivity index (χ1n) is 9.96. The van der Waals surface area contributed by atoms with E-state index < -0.39 is 0 Å². The van der Waals surface area contributed by atoms with Crippen LogP contribution in [0, 0.1) is 5.92 Å². The van der Waals surface area contributed by atoms with E-state index in [1.807, 2.05) is 10.6 Å². The fourth-order valence-corrected chi connectivity index (χ4v) is 3.58. The molecule has 8 nitrogen and oxygen atoms in total. The van der Waals surface area contributed by atoms with E-state index in [2.05, 4.69) is 26.3 Å². The minimum atomic E-state index is 0.142. The highest BCUT2D eigenvalue weighted by molar-refractivity contribution is 5.84. The number of rotatable bonds is 11. The Labute approximate surface area is 160 Å². The Morgan fingerprint density at radius 3 is 2.63 bits per heavy atom. The summed E-state index contributed by atoms with van der Waals surface area (Å²) in [5.74, 6) is 1.13. The second-order valence-corrected chi connectivity index (χ2v) is 7.22. The lowest BCUT2D eigenvalue weighted by atomic mass is 10.1. The Kier molecular flexibility index (Phi) is 7.00. The van der Waals surface area contributed by atoms with Crippen LogP contribution in [0.25, 0.3) is 11.2 Å². The summed E-state index contributed by atoms with van der Waals surface area (Å²) in [6.45, 7) is 1.79. The smallest absolute Gasteiger partial charge is 0.224 e. The number of aromatic nitrogens is 4. The summed E-state index contributed by atoms with van der Waals surface area (Å²) >= 11 is 0. The Bertz CT molecular complexity index is 758. The molecule has 27 heavy (non-hydrogen) atoms. The molecule has 6 N–H and O–H groups in total. The Hall–Kier alpha value is -2.19. The zero-order valence-corrected chi connectivity index (χ0v) is 15.8. The maximum absolute atomic E-state index is 9.35. The fraction of sp³-hybridized carbons (Fsp3) is 0.632. The second-order valence-electron chi connectivity index (χ2n) is 7.22. The van der Waals surface area contributed by atoms with Crippen molar-refractivity contribution in [2.75, 3.05) is 30.7 Å². The topological polar surface area (TPSA) is 128 Å². The molecule has 0 unspecified atom stereocenters. The molecule has 0 saturated heterocycles. The maximum atomic E-state index is 9.35. The monoisotopic (exact) mass is 373 g/mol. The molecule has 3 rings (SSSR count). The number of aliphatic hydroxyl groups excluding tert-OH is 1. The zero-order chi connectivity index (χ0) is 19.1. The van der Waals surface area contributed by atoms with Gasteiger partial charge < -0.3 is 26.5 Å². The first kappa shape index (κ1) is 19.6. The molecule has 0 spiro atoms. The van der Waals surface area contributed by atoms with Crippen molar-refractivity contribution in [3.8, 4) is 0 Å². The summed E-state index contributed by atoms with van der Waals surface area (Å²) in [5.41, 5.74) is 12.9. The third kappa shape index (κ3) is 4.95. The molecule has 0 radical (unpaired) electrons. The largest absolute Gasteiger partial charge is 0.396 e. The number of nitrogen functional groups attached to an aromatic ring is 1. The molecule has 2 aromatic heterocycles. The molecule has 0 fully saturated rings. The van der Waals surface area contributed by atoms with Gasteiger partial charge in [-0.05, 0) is 25.8 Å². The van der Waals surface area contributed by atoms with E-state index in [1.54, 1.807) is 6.33 Å². The van der Waals surface area contributed by atoms with Crippen LogP contribution in [-0.2, 0) is 0 Å². The van der Waals surface area contributed by atoms with Gasteiger partial charge >= 0.3 is 0 Å². The van der Waals surface area contributed by atoms with Crippen LogP contribution in [0.4, 0.5) is 11.8 Å². The van der Waals surface area contributed by atoms with Crippen LogP contribution < -0.4 is 16.8 Å². The van der Waals surface area contributed by atoms with Gasteiger partial charge in [-0.2, -0.15) is 9.97 Å². The van der Waals surface area contributed by atoms with E-state index in [0.29, 0.717) is 5.82 Å². The third-order valence-electron chi connectivity index (χ3n) is 5.10. The molecule has 8 heteroatoms. The van der Waals surface area contributed by atoms with Crippen molar-refractivity contribution in [3.63, 3.8) is 0 Å². The quantitative estimate of drug-likeness (QED) is 0.351. The van der Waals surface area contributed by atoms with E-state index in [9.17, 15) is 5.11 Å². The number of nitrogens with zero attached hydrogens (tertiary/aromatic N) is 4. The molecule has 0 amide bonds. The molecule has 1 aliphatic rings. The molecule has 0 bridgehead atoms. The highest BCUT2D eigenvalue weighted by atomic mass is 16.3. The zero-order valence-electron chi connectivity index (χ0n) is 15.8. The Morgan fingerprint density at radius 1 is 1.11 bits per heavy atom. The van der Waals surface area contributed by atoms with E-state index in [-0.39, 0.29) is 24.5 Å². The molecule has 0 saturated carbocycles.